The average Bonchev–Trinajstić information content (AvgIpc) is 3.22. The Morgan fingerprint density at radius 2 is 0.776 bits per heavy atom. The number of nitrogens with one attached hydrogen (secondary N) is 1. The van der Waals surface area contributed by atoms with Crippen molar-refractivity contribution in [3.05, 3.63) is 36.4 Å². The highest BCUT2D eigenvalue weighted by Gasteiger charge is 2.18. The maximum atomic E-state index is 13.1. The Kier molecular flexibility index (Phi) is 41.9. The van der Waals surface area contributed by atoms with E-state index < -0.39 is 0 Å². The van der Waals surface area contributed by atoms with Gasteiger partial charge in [0, 0.05) is 17.7 Å². The van der Waals surface area contributed by atoms with Gasteiger partial charge in [-0.05, 0) is 44.2 Å². The minimum atomic E-state index is 0.0289. The van der Waals surface area contributed by atoms with Crippen LogP contribution in [-0.2, 0) is 4.79 Å². The fraction of sp³-hybridized carbons (Fsp3) is 0.836. The van der Waals surface area contributed by atoms with Crippen LogP contribution < -0.4 is 5.32 Å². The standard InChI is InChI=1S/C55H101NO2/c1-3-5-7-9-11-12-13-14-15-16-17-18-19-20-21-22-23-24-25-26-27-28-29-30-31-32-33-34-35-36-37-38-39-40-41-43-45-48-52(47-44-42-10-8-6-4-2)55(58)56-53-49-46-50-54(57)51-53/h41,43,46,49-52,57H,3-40,42,44-45,47-48H2,1-2H3,(H,56,58)/b43-41-. The normalized spacial score (nSPS) is 12.2. The van der Waals surface area contributed by atoms with Crippen molar-refractivity contribution in [3.63, 3.8) is 0 Å². The number of anilines is 1. The van der Waals surface area contributed by atoms with Crippen LogP contribution in [0.3, 0.4) is 0 Å². The van der Waals surface area contributed by atoms with Gasteiger partial charge in [-0.25, -0.2) is 0 Å². The zero-order valence-corrected chi connectivity index (χ0v) is 39.3. The molecule has 0 aliphatic rings. The van der Waals surface area contributed by atoms with E-state index in [4.69, 9.17) is 0 Å². The highest BCUT2D eigenvalue weighted by atomic mass is 16.3. The van der Waals surface area contributed by atoms with Crippen LogP contribution in [0.2, 0.25) is 0 Å². The number of phenolic OH excluding ortho intramolecular Hbond substituents is 1. The molecule has 1 atom stereocenters. The number of carbonyl (C=O) groups excluding carboxylic acids is 1. The maximum Gasteiger partial charge on any atom is 0.227 e. The summed E-state index contributed by atoms with van der Waals surface area (Å²) < 4.78 is 0. The second kappa shape index (κ2) is 44.8. The maximum absolute atomic E-state index is 13.1. The molecule has 1 unspecified atom stereocenters. The molecule has 1 amide bonds. The lowest BCUT2D eigenvalue weighted by atomic mass is 9.94. The van der Waals surface area contributed by atoms with E-state index in [0.717, 1.165) is 32.1 Å². The highest BCUT2D eigenvalue weighted by molar-refractivity contribution is 5.92. The Bertz CT molecular complexity index is 1000. The van der Waals surface area contributed by atoms with Gasteiger partial charge in [0.1, 0.15) is 5.75 Å². The molecule has 0 saturated carbocycles. The minimum Gasteiger partial charge on any atom is -0.508 e. The van der Waals surface area contributed by atoms with Crippen LogP contribution in [0.5, 0.6) is 5.75 Å². The Balaban J connectivity index is 1.83. The number of hydrogen-bond acceptors (Lipinski definition) is 2. The second-order valence-corrected chi connectivity index (χ2v) is 18.4. The van der Waals surface area contributed by atoms with Gasteiger partial charge in [-0.3, -0.25) is 4.79 Å². The van der Waals surface area contributed by atoms with E-state index in [9.17, 15) is 9.90 Å². The molecule has 0 fully saturated rings. The largest absolute Gasteiger partial charge is 0.508 e. The molecule has 1 aromatic carbocycles. The third-order valence-corrected chi connectivity index (χ3v) is 12.7. The number of hydrogen-bond donors (Lipinski definition) is 2. The third kappa shape index (κ3) is 38.4. The van der Waals surface area contributed by atoms with Crippen molar-refractivity contribution in [1.82, 2.24) is 0 Å². The molecule has 0 spiro atoms. The van der Waals surface area contributed by atoms with Crippen molar-refractivity contribution < 1.29 is 9.90 Å². The van der Waals surface area contributed by atoms with Crippen LogP contribution in [0, 0.1) is 5.92 Å². The zero-order chi connectivity index (χ0) is 41.7. The Morgan fingerprint density at radius 1 is 0.448 bits per heavy atom. The van der Waals surface area contributed by atoms with E-state index in [1.165, 1.54) is 244 Å². The lowest BCUT2D eigenvalue weighted by Gasteiger charge is -2.16. The van der Waals surface area contributed by atoms with E-state index in [2.05, 4.69) is 31.3 Å². The average molecular weight is 808 g/mol. The number of phenols is 1. The van der Waals surface area contributed by atoms with Crippen LogP contribution in [0.1, 0.15) is 290 Å². The van der Waals surface area contributed by atoms with Gasteiger partial charge in [0.25, 0.3) is 0 Å². The van der Waals surface area contributed by atoms with Crippen molar-refractivity contribution in [2.75, 3.05) is 5.32 Å². The molecule has 0 bridgehead atoms. The first-order valence-electron chi connectivity index (χ1n) is 26.4. The molecule has 0 aliphatic heterocycles. The third-order valence-electron chi connectivity index (χ3n) is 12.7. The predicted molar refractivity (Wildman–Crippen MR) is 259 cm³/mol. The Hall–Kier alpha value is -1.77. The van der Waals surface area contributed by atoms with Gasteiger partial charge < -0.3 is 10.4 Å². The molecular weight excluding hydrogens is 707 g/mol. The number of benzene rings is 1. The number of allylic oxidation sites excluding steroid dienone is 2. The van der Waals surface area contributed by atoms with E-state index in [1.54, 1.807) is 18.2 Å². The van der Waals surface area contributed by atoms with Gasteiger partial charge in [0.15, 0.2) is 0 Å². The van der Waals surface area contributed by atoms with E-state index >= 15 is 0 Å². The molecule has 2 N–H and O–H groups in total. The molecule has 58 heavy (non-hydrogen) atoms. The molecular formula is C55H101NO2. The van der Waals surface area contributed by atoms with Crippen molar-refractivity contribution in [2.24, 2.45) is 5.92 Å². The summed E-state index contributed by atoms with van der Waals surface area (Å²) in [5.74, 6) is 0.315. The summed E-state index contributed by atoms with van der Waals surface area (Å²) in [6.45, 7) is 4.56. The fourth-order valence-electron chi connectivity index (χ4n) is 8.75. The van der Waals surface area contributed by atoms with Gasteiger partial charge >= 0.3 is 0 Å². The van der Waals surface area contributed by atoms with Crippen LogP contribution >= 0.6 is 0 Å². The number of unbranched alkanes of at least 4 members (excludes halogenated alkanes) is 38. The van der Waals surface area contributed by atoms with Crippen molar-refractivity contribution in [3.8, 4) is 5.75 Å². The van der Waals surface area contributed by atoms with Gasteiger partial charge in [0.05, 0.1) is 0 Å². The first-order valence-corrected chi connectivity index (χ1v) is 26.4. The summed E-state index contributed by atoms with van der Waals surface area (Å²) >= 11 is 0. The molecule has 1 aromatic rings. The number of carbonyl (C=O) groups is 1. The summed E-state index contributed by atoms with van der Waals surface area (Å²) in [4.78, 5) is 13.1. The minimum absolute atomic E-state index is 0.0289. The molecule has 0 radical (unpaired) electrons. The molecule has 1 rings (SSSR count). The SMILES string of the molecule is CCCCCCCCCCCCCCCCCCCCCCCCCCCCCCCCCCC/C=C\CCC(CCCCCCCC)C(=O)Nc1cccc(O)c1. The van der Waals surface area contributed by atoms with Gasteiger partial charge in [-0.2, -0.15) is 0 Å². The molecule has 0 saturated heterocycles. The molecule has 3 heteroatoms. The monoisotopic (exact) mass is 808 g/mol. The van der Waals surface area contributed by atoms with Gasteiger partial charge in [0.2, 0.25) is 5.91 Å². The lowest BCUT2D eigenvalue weighted by Crippen LogP contribution is -2.22. The smallest absolute Gasteiger partial charge is 0.227 e. The van der Waals surface area contributed by atoms with Crippen molar-refractivity contribution in [1.29, 1.82) is 0 Å². The van der Waals surface area contributed by atoms with Crippen molar-refractivity contribution in [2.45, 2.75) is 290 Å². The Morgan fingerprint density at radius 3 is 1.14 bits per heavy atom. The predicted octanol–water partition coefficient (Wildman–Crippen LogP) is 19.3. The van der Waals surface area contributed by atoms with Crippen LogP contribution in [-0.4, -0.2) is 11.0 Å². The molecule has 0 heterocycles. The molecule has 0 aliphatic carbocycles. The number of rotatable bonds is 46. The Labute approximate surface area is 363 Å². The first-order chi connectivity index (χ1) is 28.7. The van der Waals surface area contributed by atoms with E-state index in [-0.39, 0.29) is 17.6 Å². The summed E-state index contributed by atoms with van der Waals surface area (Å²) in [7, 11) is 0. The summed E-state index contributed by atoms with van der Waals surface area (Å²) in [5, 5.41) is 12.8. The summed E-state index contributed by atoms with van der Waals surface area (Å²) in [5.41, 5.74) is 0.685. The van der Waals surface area contributed by atoms with Crippen molar-refractivity contribution >= 4 is 11.6 Å². The second-order valence-electron chi connectivity index (χ2n) is 18.4. The molecule has 0 aromatic heterocycles. The summed E-state index contributed by atoms with van der Waals surface area (Å²) in [6.07, 6.45) is 63.9. The van der Waals surface area contributed by atoms with Gasteiger partial charge in [-0.15, -0.1) is 0 Å². The number of aromatic hydroxyl groups is 1. The molecule has 338 valence electrons. The van der Waals surface area contributed by atoms with Gasteiger partial charge in [-0.1, -0.05) is 276 Å². The fourth-order valence-corrected chi connectivity index (χ4v) is 8.75. The quantitative estimate of drug-likeness (QED) is 0.0509. The summed E-state index contributed by atoms with van der Waals surface area (Å²) in [6, 6.07) is 6.90. The number of amides is 1. The topological polar surface area (TPSA) is 49.3 Å². The first kappa shape index (κ1) is 54.2. The van der Waals surface area contributed by atoms with E-state index in [0.29, 0.717) is 5.69 Å². The van der Waals surface area contributed by atoms with Crippen LogP contribution in [0.15, 0.2) is 36.4 Å². The molecule has 3 nitrogen and oxygen atoms in total. The van der Waals surface area contributed by atoms with Crippen LogP contribution in [0.25, 0.3) is 0 Å². The van der Waals surface area contributed by atoms with E-state index in [1.807, 2.05) is 6.07 Å². The highest BCUT2D eigenvalue weighted by Crippen LogP contribution is 2.23. The van der Waals surface area contributed by atoms with Crippen LogP contribution in [0.4, 0.5) is 5.69 Å². The lowest BCUT2D eigenvalue weighted by molar-refractivity contribution is -0.120. The zero-order valence-electron chi connectivity index (χ0n) is 39.3.